The van der Waals surface area contributed by atoms with Gasteiger partial charge in [-0.2, -0.15) is 5.26 Å². The van der Waals surface area contributed by atoms with Crippen LogP contribution in [-0.4, -0.2) is 20.7 Å². The van der Waals surface area contributed by atoms with Crippen LogP contribution < -0.4 is 0 Å². The van der Waals surface area contributed by atoms with Crippen molar-refractivity contribution >= 4 is 17.1 Å². The maximum absolute atomic E-state index is 12.9. The Morgan fingerprint density at radius 1 is 1.21 bits per heavy atom. The second kappa shape index (κ2) is 6.78. The SMILES string of the molecule is Cc1cc(C)nc([C@@H](C#N)C(=O)c2sc(C3CCCC3)nc2C)n1. The molecule has 0 aliphatic heterocycles. The van der Waals surface area contributed by atoms with Crippen LogP contribution >= 0.6 is 11.3 Å². The molecule has 1 fully saturated rings. The van der Waals surface area contributed by atoms with Gasteiger partial charge in [-0.15, -0.1) is 11.3 Å². The van der Waals surface area contributed by atoms with E-state index in [2.05, 4.69) is 21.0 Å². The average molecular weight is 340 g/mol. The summed E-state index contributed by atoms with van der Waals surface area (Å²) in [6.45, 7) is 5.53. The molecule has 0 radical (unpaired) electrons. The smallest absolute Gasteiger partial charge is 0.199 e. The van der Waals surface area contributed by atoms with Crippen molar-refractivity contribution in [2.45, 2.75) is 58.3 Å². The molecule has 1 atom stereocenters. The Morgan fingerprint density at radius 3 is 2.42 bits per heavy atom. The maximum Gasteiger partial charge on any atom is 0.199 e. The van der Waals surface area contributed by atoms with E-state index in [1.807, 2.05) is 26.8 Å². The number of ketones is 1. The van der Waals surface area contributed by atoms with E-state index < -0.39 is 5.92 Å². The van der Waals surface area contributed by atoms with Gasteiger partial charge < -0.3 is 0 Å². The highest BCUT2D eigenvalue weighted by Gasteiger charge is 2.30. The van der Waals surface area contributed by atoms with Gasteiger partial charge in [0.1, 0.15) is 0 Å². The van der Waals surface area contributed by atoms with Crippen molar-refractivity contribution in [3.8, 4) is 6.07 Å². The quantitative estimate of drug-likeness (QED) is 0.786. The zero-order valence-electron chi connectivity index (χ0n) is 14.2. The summed E-state index contributed by atoms with van der Waals surface area (Å²) >= 11 is 1.44. The molecule has 2 heterocycles. The Labute approximate surface area is 145 Å². The second-order valence-corrected chi connectivity index (χ2v) is 7.41. The van der Waals surface area contributed by atoms with Gasteiger partial charge in [0.2, 0.25) is 0 Å². The first-order valence-electron chi connectivity index (χ1n) is 8.23. The molecule has 2 aromatic rings. The number of carbonyl (C=O) groups excluding carboxylic acids is 1. The molecule has 124 valence electrons. The lowest BCUT2D eigenvalue weighted by Gasteiger charge is -2.08. The number of nitriles is 1. The van der Waals surface area contributed by atoms with Crippen LogP contribution in [0.15, 0.2) is 6.07 Å². The Balaban J connectivity index is 1.93. The lowest BCUT2D eigenvalue weighted by molar-refractivity contribution is 0.0979. The fourth-order valence-electron chi connectivity index (χ4n) is 3.24. The van der Waals surface area contributed by atoms with E-state index in [-0.39, 0.29) is 11.6 Å². The van der Waals surface area contributed by atoms with Crippen molar-refractivity contribution < 1.29 is 4.79 Å². The molecule has 3 rings (SSSR count). The van der Waals surface area contributed by atoms with E-state index in [0.29, 0.717) is 10.8 Å². The minimum Gasteiger partial charge on any atom is -0.291 e. The largest absolute Gasteiger partial charge is 0.291 e. The third-order valence-corrected chi connectivity index (χ3v) is 5.72. The van der Waals surface area contributed by atoms with Crippen molar-refractivity contribution in [3.05, 3.63) is 38.9 Å². The van der Waals surface area contributed by atoms with Gasteiger partial charge in [0.15, 0.2) is 17.5 Å². The Kier molecular flexibility index (Phi) is 4.72. The van der Waals surface area contributed by atoms with Gasteiger partial charge in [0.25, 0.3) is 0 Å². The third-order valence-electron chi connectivity index (χ3n) is 4.39. The molecule has 1 aliphatic carbocycles. The van der Waals surface area contributed by atoms with Gasteiger partial charge in [-0.25, -0.2) is 15.0 Å². The summed E-state index contributed by atoms with van der Waals surface area (Å²) in [6, 6.07) is 3.91. The van der Waals surface area contributed by atoms with E-state index in [1.165, 1.54) is 24.2 Å². The molecule has 6 heteroatoms. The number of aryl methyl sites for hydroxylation is 3. The molecule has 0 spiro atoms. The van der Waals surface area contributed by atoms with Gasteiger partial charge in [0.05, 0.1) is 21.6 Å². The molecular weight excluding hydrogens is 320 g/mol. The molecule has 0 amide bonds. The van der Waals surface area contributed by atoms with Crippen LogP contribution in [0.4, 0.5) is 0 Å². The topological polar surface area (TPSA) is 79.5 Å². The molecule has 1 aliphatic rings. The zero-order chi connectivity index (χ0) is 17.3. The van der Waals surface area contributed by atoms with E-state index in [1.54, 1.807) is 0 Å². The van der Waals surface area contributed by atoms with E-state index in [4.69, 9.17) is 0 Å². The van der Waals surface area contributed by atoms with E-state index in [9.17, 15) is 10.1 Å². The number of rotatable bonds is 4. The summed E-state index contributed by atoms with van der Waals surface area (Å²) < 4.78 is 0. The monoisotopic (exact) mass is 340 g/mol. The Hall–Kier alpha value is -2.13. The van der Waals surface area contributed by atoms with Gasteiger partial charge >= 0.3 is 0 Å². The normalized spacial score (nSPS) is 16.1. The lowest BCUT2D eigenvalue weighted by atomic mass is 10.0. The molecule has 0 unspecified atom stereocenters. The van der Waals surface area contributed by atoms with Crippen LogP contribution in [0.5, 0.6) is 0 Å². The lowest BCUT2D eigenvalue weighted by Crippen LogP contribution is -2.15. The minimum absolute atomic E-state index is 0.234. The molecule has 0 aromatic carbocycles. The first kappa shape index (κ1) is 16.7. The molecule has 1 saturated carbocycles. The fourth-order valence-corrected chi connectivity index (χ4v) is 4.45. The van der Waals surface area contributed by atoms with Crippen molar-refractivity contribution in [3.63, 3.8) is 0 Å². The van der Waals surface area contributed by atoms with Crippen molar-refractivity contribution in [1.29, 1.82) is 5.26 Å². The molecule has 0 bridgehead atoms. The van der Waals surface area contributed by atoms with Crippen LogP contribution in [-0.2, 0) is 0 Å². The number of nitrogens with zero attached hydrogens (tertiary/aromatic N) is 4. The van der Waals surface area contributed by atoms with Crippen LogP contribution in [0.1, 0.15) is 75.1 Å². The first-order valence-corrected chi connectivity index (χ1v) is 9.04. The number of thiazole rings is 1. The number of carbonyl (C=O) groups is 1. The maximum atomic E-state index is 12.9. The number of Topliss-reactive ketones (excluding diaryl/α,β-unsaturated/α-hetero) is 1. The number of hydrogen-bond acceptors (Lipinski definition) is 6. The summed E-state index contributed by atoms with van der Waals surface area (Å²) in [6.07, 6.45) is 4.73. The van der Waals surface area contributed by atoms with Crippen LogP contribution in [0.2, 0.25) is 0 Å². The predicted octanol–water partition coefficient (Wildman–Crippen LogP) is 4.01. The van der Waals surface area contributed by atoms with Crippen molar-refractivity contribution in [2.75, 3.05) is 0 Å². The highest BCUT2D eigenvalue weighted by Crippen LogP contribution is 2.38. The van der Waals surface area contributed by atoms with Gasteiger partial charge in [0, 0.05) is 17.3 Å². The van der Waals surface area contributed by atoms with Gasteiger partial charge in [-0.3, -0.25) is 4.79 Å². The third kappa shape index (κ3) is 3.22. The van der Waals surface area contributed by atoms with Crippen LogP contribution in [0.3, 0.4) is 0 Å². The summed E-state index contributed by atoms with van der Waals surface area (Å²) in [5.74, 6) is -0.454. The Morgan fingerprint density at radius 2 is 1.83 bits per heavy atom. The summed E-state index contributed by atoms with van der Waals surface area (Å²) in [5.41, 5.74) is 2.24. The minimum atomic E-state index is -0.973. The zero-order valence-corrected chi connectivity index (χ0v) is 15.0. The molecule has 24 heavy (non-hydrogen) atoms. The molecule has 2 aromatic heterocycles. The van der Waals surface area contributed by atoms with E-state index in [0.717, 1.165) is 34.9 Å². The molecule has 0 N–H and O–H groups in total. The van der Waals surface area contributed by atoms with Crippen LogP contribution in [0, 0.1) is 32.1 Å². The van der Waals surface area contributed by atoms with Gasteiger partial charge in [-0.1, -0.05) is 12.8 Å². The molecule has 0 saturated heterocycles. The average Bonchev–Trinajstić information content (AvgIpc) is 3.16. The highest BCUT2D eigenvalue weighted by atomic mass is 32.1. The standard InChI is InChI=1S/C18H20N4OS/c1-10-8-11(2)21-17(20-10)14(9-19)15(23)16-12(3)22-18(24-16)13-6-4-5-7-13/h8,13-14H,4-7H2,1-3H3/t14-/m0/s1. The summed E-state index contributed by atoms with van der Waals surface area (Å²) in [7, 11) is 0. The van der Waals surface area contributed by atoms with E-state index >= 15 is 0 Å². The van der Waals surface area contributed by atoms with Gasteiger partial charge in [-0.05, 0) is 39.7 Å². The first-order chi connectivity index (χ1) is 11.5. The summed E-state index contributed by atoms with van der Waals surface area (Å²) in [5, 5.41) is 10.6. The number of hydrogen-bond donors (Lipinski definition) is 0. The van der Waals surface area contributed by atoms with Crippen LogP contribution in [0.25, 0.3) is 0 Å². The second-order valence-electron chi connectivity index (χ2n) is 6.38. The molecule has 5 nitrogen and oxygen atoms in total. The van der Waals surface area contributed by atoms with Crippen molar-refractivity contribution in [2.24, 2.45) is 0 Å². The van der Waals surface area contributed by atoms with Crippen molar-refractivity contribution in [1.82, 2.24) is 15.0 Å². The Bertz CT molecular complexity index is 795. The number of aromatic nitrogens is 3. The fraction of sp³-hybridized carbons (Fsp3) is 0.500. The summed E-state index contributed by atoms with van der Waals surface area (Å²) in [4.78, 5) is 26.7. The predicted molar refractivity (Wildman–Crippen MR) is 92.3 cm³/mol. The molecular formula is C18H20N4OS. The highest BCUT2D eigenvalue weighted by molar-refractivity contribution is 7.14.